The highest BCUT2D eigenvalue weighted by atomic mass is 16.2. The lowest BCUT2D eigenvalue weighted by molar-refractivity contribution is 0.0767. The number of anilines is 1. The largest absolute Gasteiger partial charge is 0.340 e. The van der Waals surface area contributed by atoms with Gasteiger partial charge in [0.15, 0.2) is 5.65 Å². The molecule has 0 unspecified atom stereocenters. The van der Waals surface area contributed by atoms with Crippen LogP contribution in [0.25, 0.3) is 16.7 Å². The molecule has 5 rings (SSSR count). The van der Waals surface area contributed by atoms with E-state index in [4.69, 9.17) is 4.98 Å². The second-order valence-corrected chi connectivity index (χ2v) is 7.52. The normalized spacial score (nSPS) is 14.6. The number of carbonyl (C=O) groups is 1. The fourth-order valence-electron chi connectivity index (χ4n) is 3.91. The van der Waals surface area contributed by atoms with E-state index in [2.05, 4.69) is 10.1 Å². The lowest BCUT2D eigenvalue weighted by Gasteiger charge is -2.22. The maximum absolute atomic E-state index is 12.8. The maximum atomic E-state index is 12.8. The topological polar surface area (TPSA) is 87.1 Å². The molecule has 0 aliphatic carbocycles. The van der Waals surface area contributed by atoms with E-state index in [0.29, 0.717) is 48.7 Å². The van der Waals surface area contributed by atoms with Gasteiger partial charge in [-0.05, 0) is 30.7 Å². The minimum absolute atomic E-state index is 0.0292. The van der Waals surface area contributed by atoms with Gasteiger partial charge in [-0.1, -0.05) is 36.4 Å². The molecular weight excluding hydrogens is 392 g/mol. The number of hydrogen-bond donors (Lipinski definition) is 1. The highest BCUT2D eigenvalue weighted by Gasteiger charge is 2.22. The number of rotatable bonds is 3. The van der Waals surface area contributed by atoms with Crippen LogP contribution >= 0.6 is 0 Å². The van der Waals surface area contributed by atoms with Gasteiger partial charge >= 0.3 is 0 Å². The Morgan fingerprint density at radius 1 is 0.903 bits per heavy atom. The molecule has 0 bridgehead atoms. The van der Waals surface area contributed by atoms with Gasteiger partial charge in [0, 0.05) is 31.7 Å². The summed E-state index contributed by atoms with van der Waals surface area (Å²) >= 11 is 0. The average Bonchev–Trinajstić information content (AvgIpc) is 3.09. The number of hydrogen-bond acceptors (Lipinski definition) is 5. The van der Waals surface area contributed by atoms with Crippen LogP contribution in [0, 0.1) is 0 Å². The van der Waals surface area contributed by atoms with Crippen molar-refractivity contribution in [2.45, 2.75) is 6.42 Å². The average molecular weight is 414 g/mol. The summed E-state index contributed by atoms with van der Waals surface area (Å²) < 4.78 is 1.68. The van der Waals surface area contributed by atoms with Crippen molar-refractivity contribution in [2.75, 3.05) is 31.1 Å². The molecular formula is C23H22N6O2. The summed E-state index contributed by atoms with van der Waals surface area (Å²) in [6.07, 6.45) is 2.33. The third-order valence-electron chi connectivity index (χ3n) is 5.53. The van der Waals surface area contributed by atoms with Gasteiger partial charge < -0.3 is 9.80 Å². The quantitative estimate of drug-likeness (QED) is 0.557. The Morgan fingerprint density at radius 2 is 1.65 bits per heavy atom. The highest BCUT2D eigenvalue weighted by molar-refractivity contribution is 5.94. The van der Waals surface area contributed by atoms with E-state index in [1.54, 1.807) is 10.9 Å². The highest BCUT2D eigenvalue weighted by Crippen LogP contribution is 2.18. The lowest BCUT2D eigenvalue weighted by Crippen LogP contribution is -2.36. The molecule has 31 heavy (non-hydrogen) atoms. The molecule has 8 heteroatoms. The van der Waals surface area contributed by atoms with Crippen LogP contribution in [0.15, 0.2) is 71.7 Å². The molecule has 2 aromatic carbocycles. The number of nitrogens with one attached hydrogen (secondary N) is 1. The number of carbonyl (C=O) groups excluding carboxylic acids is 1. The molecule has 8 nitrogen and oxygen atoms in total. The molecule has 3 heterocycles. The number of aromatic nitrogens is 4. The first kappa shape index (κ1) is 19.0. The Bertz CT molecular complexity index is 1270. The Hall–Kier alpha value is -3.94. The van der Waals surface area contributed by atoms with Gasteiger partial charge in [0.25, 0.3) is 11.5 Å². The Morgan fingerprint density at radius 3 is 2.42 bits per heavy atom. The van der Waals surface area contributed by atoms with Crippen LogP contribution in [0.3, 0.4) is 0 Å². The maximum Gasteiger partial charge on any atom is 0.263 e. The summed E-state index contributed by atoms with van der Waals surface area (Å²) in [4.78, 5) is 37.0. The Kier molecular flexibility index (Phi) is 4.95. The van der Waals surface area contributed by atoms with Crippen molar-refractivity contribution in [3.05, 3.63) is 82.8 Å². The molecule has 1 amide bonds. The second kappa shape index (κ2) is 8.06. The van der Waals surface area contributed by atoms with E-state index in [-0.39, 0.29) is 11.5 Å². The zero-order chi connectivity index (χ0) is 21.2. The first-order valence-electron chi connectivity index (χ1n) is 10.3. The van der Waals surface area contributed by atoms with Crippen LogP contribution in [0.2, 0.25) is 0 Å². The summed E-state index contributed by atoms with van der Waals surface area (Å²) in [5.74, 6) is 0.533. The molecule has 0 atom stereocenters. The zero-order valence-corrected chi connectivity index (χ0v) is 16.9. The molecule has 1 saturated heterocycles. The van der Waals surface area contributed by atoms with Gasteiger partial charge in [-0.15, -0.1) is 0 Å². The van der Waals surface area contributed by atoms with E-state index in [0.717, 1.165) is 12.1 Å². The first-order valence-corrected chi connectivity index (χ1v) is 10.3. The third kappa shape index (κ3) is 3.68. The first-order chi connectivity index (χ1) is 15.2. The number of fused-ring (bicyclic) bond motifs is 1. The molecule has 0 radical (unpaired) electrons. The van der Waals surface area contributed by atoms with Crippen LogP contribution in [0.1, 0.15) is 16.8 Å². The Balaban J connectivity index is 1.42. The van der Waals surface area contributed by atoms with Crippen molar-refractivity contribution in [1.82, 2.24) is 24.6 Å². The van der Waals surface area contributed by atoms with Crippen molar-refractivity contribution in [1.29, 1.82) is 0 Å². The number of para-hydroxylation sites is 1. The van der Waals surface area contributed by atoms with Crippen molar-refractivity contribution >= 4 is 22.9 Å². The number of nitrogens with zero attached hydrogens (tertiary/aromatic N) is 5. The molecule has 1 aliphatic rings. The predicted octanol–water partition coefficient (Wildman–Crippen LogP) is 2.46. The lowest BCUT2D eigenvalue weighted by atomic mass is 10.2. The van der Waals surface area contributed by atoms with Crippen molar-refractivity contribution in [2.24, 2.45) is 0 Å². The smallest absolute Gasteiger partial charge is 0.263 e. The van der Waals surface area contributed by atoms with Crippen LogP contribution in [-0.4, -0.2) is 56.7 Å². The van der Waals surface area contributed by atoms with E-state index >= 15 is 0 Å². The van der Waals surface area contributed by atoms with Gasteiger partial charge in [0.2, 0.25) is 5.95 Å². The monoisotopic (exact) mass is 414 g/mol. The van der Waals surface area contributed by atoms with Gasteiger partial charge in [0.05, 0.1) is 11.9 Å². The van der Waals surface area contributed by atoms with E-state index < -0.39 is 0 Å². The van der Waals surface area contributed by atoms with Crippen molar-refractivity contribution in [3.63, 3.8) is 0 Å². The second-order valence-electron chi connectivity index (χ2n) is 7.52. The zero-order valence-electron chi connectivity index (χ0n) is 16.9. The van der Waals surface area contributed by atoms with Crippen molar-refractivity contribution < 1.29 is 4.79 Å². The van der Waals surface area contributed by atoms with E-state index in [1.165, 1.54) is 0 Å². The number of benzene rings is 2. The molecule has 1 aliphatic heterocycles. The number of amides is 1. The Labute approximate surface area is 178 Å². The standard InChI is InChI=1S/C23H22N6O2/c30-21-19-16-24-29(18-10-5-2-6-11-18)20(19)25-23(26-21)28-13-7-12-27(14-15-28)22(31)17-8-3-1-4-9-17/h1-6,8-11,16H,7,12-15H2,(H,25,26,30). The van der Waals surface area contributed by atoms with Crippen LogP contribution in [0.4, 0.5) is 5.95 Å². The predicted molar refractivity (Wildman–Crippen MR) is 119 cm³/mol. The summed E-state index contributed by atoms with van der Waals surface area (Å²) in [5.41, 5.74) is 1.84. The molecule has 1 N–H and O–H groups in total. The fourth-order valence-corrected chi connectivity index (χ4v) is 3.91. The minimum atomic E-state index is -0.219. The SMILES string of the molecule is O=C(c1ccccc1)N1CCCN(c2nc3c(cnn3-c3ccccc3)c(=O)[nH]2)CC1. The summed E-state index contributed by atoms with van der Waals surface area (Å²) in [6, 6.07) is 18.9. The van der Waals surface area contributed by atoms with Crippen LogP contribution in [0.5, 0.6) is 0 Å². The molecule has 0 spiro atoms. The van der Waals surface area contributed by atoms with Crippen molar-refractivity contribution in [3.8, 4) is 5.69 Å². The van der Waals surface area contributed by atoms with Crippen LogP contribution < -0.4 is 10.5 Å². The van der Waals surface area contributed by atoms with Gasteiger partial charge in [0.1, 0.15) is 5.39 Å². The van der Waals surface area contributed by atoms with E-state index in [1.807, 2.05) is 70.5 Å². The van der Waals surface area contributed by atoms with Crippen LogP contribution in [-0.2, 0) is 0 Å². The number of H-pyrrole nitrogens is 1. The molecule has 1 fully saturated rings. The van der Waals surface area contributed by atoms with E-state index in [9.17, 15) is 9.59 Å². The fraction of sp³-hybridized carbons (Fsp3) is 0.217. The molecule has 2 aromatic heterocycles. The summed E-state index contributed by atoms with van der Waals surface area (Å²) in [7, 11) is 0. The van der Waals surface area contributed by atoms with Gasteiger partial charge in [-0.2, -0.15) is 10.1 Å². The summed E-state index contributed by atoms with van der Waals surface area (Å²) in [6.45, 7) is 2.52. The minimum Gasteiger partial charge on any atom is -0.340 e. The van der Waals surface area contributed by atoms with Gasteiger partial charge in [-0.25, -0.2) is 4.68 Å². The third-order valence-corrected chi connectivity index (χ3v) is 5.53. The van der Waals surface area contributed by atoms with Gasteiger partial charge in [-0.3, -0.25) is 14.6 Å². The molecule has 0 saturated carbocycles. The molecule has 4 aromatic rings. The number of aromatic amines is 1. The summed E-state index contributed by atoms with van der Waals surface area (Å²) in [5, 5.41) is 4.81. The molecule has 156 valence electrons.